The number of rotatable bonds is 4. The van der Waals surface area contributed by atoms with Gasteiger partial charge in [0.05, 0.1) is 7.11 Å². The number of hydrogen-bond donors (Lipinski definition) is 1. The highest BCUT2D eigenvalue weighted by Crippen LogP contribution is 2.46. The van der Waals surface area contributed by atoms with E-state index in [0.29, 0.717) is 23.8 Å². The van der Waals surface area contributed by atoms with E-state index in [1.165, 1.54) is 19.0 Å². The number of anilines is 1. The summed E-state index contributed by atoms with van der Waals surface area (Å²) in [5.41, 5.74) is 6.11. The SMILES string of the molecule is COc1ncnc2c1N(C(N)=O)C(OC(=O)N1CCN(Cc3ccccc3)CC1)S2. The van der Waals surface area contributed by atoms with Gasteiger partial charge >= 0.3 is 12.1 Å². The molecule has 158 valence electrons. The number of amides is 3. The number of aromatic nitrogens is 2. The maximum Gasteiger partial charge on any atom is 0.412 e. The van der Waals surface area contributed by atoms with E-state index in [0.717, 1.165) is 36.3 Å². The van der Waals surface area contributed by atoms with Crippen molar-refractivity contribution in [3.63, 3.8) is 0 Å². The monoisotopic (exact) mass is 430 g/mol. The fraction of sp³-hybridized carbons (Fsp3) is 0.368. The van der Waals surface area contributed by atoms with Crippen molar-refractivity contribution < 1.29 is 19.1 Å². The summed E-state index contributed by atoms with van der Waals surface area (Å²) < 4.78 is 10.8. The Morgan fingerprint density at radius 1 is 1.17 bits per heavy atom. The maximum absolute atomic E-state index is 12.7. The van der Waals surface area contributed by atoms with E-state index >= 15 is 0 Å². The smallest absolute Gasteiger partial charge is 0.412 e. The second-order valence-corrected chi connectivity index (χ2v) is 7.83. The molecule has 1 unspecified atom stereocenters. The van der Waals surface area contributed by atoms with Gasteiger partial charge in [-0.05, 0) is 17.3 Å². The third-order valence-corrected chi connectivity index (χ3v) is 5.96. The zero-order chi connectivity index (χ0) is 21.1. The largest absolute Gasteiger partial charge is 0.479 e. The summed E-state index contributed by atoms with van der Waals surface area (Å²) in [6.07, 6.45) is 0.817. The van der Waals surface area contributed by atoms with Crippen LogP contribution in [-0.4, -0.2) is 70.7 Å². The Morgan fingerprint density at radius 3 is 2.57 bits per heavy atom. The van der Waals surface area contributed by atoms with E-state index in [-0.39, 0.29) is 5.88 Å². The van der Waals surface area contributed by atoms with Gasteiger partial charge < -0.3 is 20.1 Å². The van der Waals surface area contributed by atoms with Crippen LogP contribution in [0, 0.1) is 0 Å². The number of thioether (sulfide) groups is 1. The number of carbonyl (C=O) groups is 2. The highest BCUT2D eigenvalue weighted by Gasteiger charge is 2.41. The molecule has 3 amide bonds. The van der Waals surface area contributed by atoms with Crippen LogP contribution >= 0.6 is 11.8 Å². The van der Waals surface area contributed by atoms with E-state index in [1.807, 2.05) is 18.2 Å². The molecule has 0 aliphatic carbocycles. The van der Waals surface area contributed by atoms with Crippen LogP contribution in [0.5, 0.6) is 5.88 Å². The van der Waals surface area contributed by atoms with Gasteiger partial charge in [0, 0.05) is 32.7 Å². The first-order valence-electron chi connectivity index (χ1n) is 9.43. The average Bonchev–Trinajstić information content (AvgIpc) is 3.13. The van der Waals surface area contributed by atoms with Crippen molar-refractivity contribution in [2.24, 2.45) is 5.73 Å². The normalized spacial score (nSPS) is 18.8. The van der Waals surface area contributed by atoms with E-state index < -0.39 is 17.7 Å². The van der Waals surface area contributed by atoms with Crippen LogP contribution in [0.25, 0.3) is 0 Å². The number of ether oxygens (including phenoxy) is 2. The van der Waals surface area contributed by atoms with Gasteiger partial charge in [-0.15, -0.1) is 0 Å². The molecule has 0 spiro atoms. The molecule has 2 N–H and O–H groups in total. The molecule has 4 rings (SSSR count). The zero-order valence-electron chi connectivity index (χ0n) is 16.4. The molecule has 2 aliphatic heterocycles. The first-order chi connectivity index (χ1) is 14.6. The maximum atomic E-state index is 12.7. The highest BCUT2D eigenvalue weighted by atomic mass is 32.2. The molecule has 2 aromatic rings. The van der Waals surface area contributed by atoms with Crippen molar-refractivity contribution in [2.75, 3.05) is 38.2 Å². The molecular weight excluding hydrogens is 408 g/mol. The minimum atomic E-state index is -0.960. The Kier molecular flexibility index (Phi) is 5.91. The number of benzene rings is 1. The second-order valence-electron chi connectivity index (χ2n) is 6.80. The van der Waals surface area contributed by atoms with Gasteiger partial charge in [0.15, 0.2) is 0 Å². The molecule has 0 radical (unpaired) electrons. The summed E-state index contributed by atoms with van der Waals surface area (Å²) in [7, 11) is 1.43. The molecule has 2 aliphatic rings. The van der Waals surface area contributed by atoms with E-state index in [9.17, 15) is 9.59 Å². The first-order valence-corrected chi connectivity index (χ1v) is 10.3. The van der Waals surface area contributed by atoms with Gasteiger partial charge in [-0.1, -0.05) is 30.3 Å². The van der Waals surface area contributed by atoms with Crippen LogP contribution in [0.1, 0.15) is 5.56 Å². The number of methoxy groups -OCH3 is 1. The summed E-state index contributed by atoms with van der Waals surface area (Å²) in [4.78, 5) is 37.9. The summed E-state index contributed by atoms with van der Waals surface area (Å²) in [5, 5.41) is 0.464. The van der Waals surface area contributed by atoms with Gasteiger partial charge in [0.25, 0.3) is 0 Å². The fourth-order valence-corrected chi connectivity index (χ4v) is 4.47. The van der Waals surface area contributed by atoms with Crippen molar-refractivity contribution in [2.45, 2.75) is 17.1 Å². The van der Waals surface area contributed by atoms with Gasteiger partial charge in [0.2, 0.25) is 11.4 Å². The van der Waals surface area contributed by atoms with Crippen LogP contribution in [0.3, 0.4) is 0 Å². The molecule has 0 bridgehead atoms. The predicted molar refractivity (Wildman–Crippen MR) is 110 cm³/mol. The van der Waals surface area contributed by atoms with Crippen LogP contribution in [0.15, 0.2) is 41.7 Å². The lowest BCUT2D eigenvalue weighted by Gasteiger charge is -2.35. The second kappa shape index (κ2) is 8.76. The van der Waals surface area contributed by atoms with Gasteiger partial charge in [-0.3, -0.25) is 4.90 Å². The molecule has 1 saturated heterocycles. The van der Waals surface area contributed by atoms with Crippen molar-refractivity contribution in [1.82, 2.24) is 19.8 Å². The molecule has 10 nitrogen and oxygen atoms in total. The molecule has 11 heteroatoms. The molecular formula is C19H22N6O4S. The van der Waals surface area contributed by atoms with E-state index in [2.05, 4.69) is 27.0 Å². The Balaban J connectivity index is 1.37. The number of fused-ring (bicyclic) bond motifs is 1. The van der Waals surface area contributed by atoms with Crippen molar-refractivity contribution >= 4 is 29.6 Å². The van der Waals surface area contributed by atoms with Gasteiger partial charge in [0.1, 0.15) is 17.0 Å². The Bertz CT molecular complexity index is 922. The van der Waals surface area contributed by atoms with Crippen LogP contribution in [0.2, 0.25) is 0 Å². The number of carbonyl (C=O) groups excluding carboxylic acids is 2. The average molecular weight is 430 g/mol. The van der Waals surface area contributed by atoms with Crippen molar-refractivity contribution in [1.29, 1.82) is 0 Å². The third kappa shape index (κ3) is 4.12. The molecule has 1 aromatic heterocycles. The quantitative estimate of drug-likeness (QED) is 0.729. The molecule has 30 heavy (non-hydrogen) atoms. The van der Waals surface area contributed by atoms with Crippen LogP contribution in [-0.2, 0) is 11.3 Å². The minimum absolute atomic E-state index is 0.194. The molecule has 1 aromatic carbocycles. The Morgan fingerprint density at radius 2 is 1.90 bits per heavy atom. The Hall–Kier alpha value is -3.05. The number of urea groups is 1. The predicted octanol–water partition coefficient (Wildman–Crippen LogP) is 1.71. The van der Waals surface area contributed by atoms with Crippen molar-refractivity contribution in [3.8, 4) is 5.88 Å². The summed E-state index contributed by atoms with van der Waals surface area (Å²) in [6.45, 7) is 3.39. The lowest BCUT2D eigenvalue weighted by atomic mass is 10.2. The van der Waals surface area contributed by atoms with E-state index in [4.69, 9.17) is 15.2 Å². The topological polar surface area (TPSA) is 114 Å². The van der Waals surface area contributed by atoms with Gasteiger partial charge in [-0.25, -0.2) is 19.5 Å². The van der Waals surface area contributed by atoms with Crippen molar-refractivity contribution in [3.05, 3.63) is 42.2 Å². The number of piperazine rings is 1. The first kappa shape index (κ1) is 20.2. The standard InChI is InChI=1S/C19H22N6O4S/c1-28-15-14-16(22-12-21-15)30-19(25(14)17(20)26)29-18(27)24-9-7-23(8-10-24)11-13-5-3-2-4-6-13/h2-6,12,19H,7-11H2,1H3,(H2,20,26). The van der Waals surface area contributed by atoms with Crippen LogP contribution < -0.4 is 15.4 Å². The van der Waals surface area contributed by atoms with Gasteiger partial charge in [-0.2, -0.15) is 4.98 Å². The number of hydrogen-bond acceptors (Lipinski definition) is 8. The Labute approximate surface area is 177 Å². The molecule has 3 heterocycles. The summed E-state index contributed by atoms with van der Waals surface area (Å²) in [6, 6.07) is 9.43. The molecule has 1 fully saturated rings. The fourth-order valence-electron chi connectivity index (χ4n) is 3.42. The third-order valence-electron chi connectivity index (χ3n) is 4.93. The minimum Gasteiger partial charge on any atom is -0.479 e. The van der Waals surface area contributed by atoms with E-state index in [1.54, 1.807) is 4.90 Å². The molecule has 1 atom stereocenters. The number of nitrogens with two attached hydrogens (primary N) is 1. The zero-order valence-corrected chi connectivity index (χ0v) is 17.2. The molecule has 0 saturated carbocycles. The van der Waals surface area contributed by atoms with Crippen LogP contribution in [0.4, 0.5) is 15.3 Å². The summed E-state index contributed by atoms with van der Waals surface area (Å²) in [5.74, 6) is 0.194. The highest BCUT2D eigenvalue weighted by molar-refractivity contribution is 8.00. The number of nitrogens with zero attached hydrogens (tertiary/aromatic N) is 5. The number of primary amides is 1. The summed E-state index contributed by atoms with van der Waals surface area (Å²) >= 11 is 1.11. The lowest BCUT2D eigenvalue weighted by molar-refractivity contribution is 0.0690. The lowest BCUT2D eigenvalue weighted by Crippen LogP contribution is -2.50.